The van der Waals surface area contributed by atoms with Crippen LogP contribution in [0.4, 0.5) is 0 Å². The smallest absolute Gasteiger partial charge is 0.328 e. The molecule has 0 bridgehead atoms. The van der Waals surface area contributed by atoms with Gasteiger partial charge in [0.25, 0.3) is 0 Å². The molecule has 0 radical (unpaired) electrons. The quantitative estimate of drug-likeness (QED) is 0.0986. The van der Waals surface area contributed by atoms with E-state index in [2.05, 4.69) is 81.8 Å². The lowest BCUT2D eigenvalue weighted by Gasteiger charge is -2.24. The van der Waals surface area contributed by atoms with Crippen LogP contribution in [0.2, 0.25) is 0 Å². The second-order valence-electron chi connectivity index (χ2n) is 19.2. The molecule has 0 aliphatic rings. The van der Waals surface area contributed by atoms with Gasteiger partial charge >= 0.3 is 13.7 Å². The molecular weight excluding hydrogens is 962 g/mol. The minimum Gasteiger partial charge on any atom is -0.494 e. The Morgan fingerprint density at radius 2 is 0.821 bits per heavy atom. The molecule has 0 spiro atoms. The molecule has 10 nitrogen and oxygen atoms in total. The minimum atomic E-state index is -0.601. The Labute approximate surface area is 452 Å². The van der Waals surface area contributed by atoms with Gasteiger partial charge in [0.1, 0.15) is 45.8 Å². The molecule has 12 aromatic rings. The largest absolute Gasteiger partial charge is 0.494 e. The van der Waals surface area contributed by atoms with E-state index in [1.807, 2.05) is 173 Å². The molecule has 0 saturated heterocycles. The number of fused-ring (bicyclic) bond motifs is 3. The number of nitriles is 2. The fraction of sp³-hybridized carbons (Fsp3) is 0.0909. The molecule has 0 aliphatic carbocycles. The van der Waals surface area contributed by atoms with Crippen molar-refractivity contribution in [3.63, 3.8) is 0 Å². The Morgan fingerprint density at radius 3 is 1.15 bits per heavy atom. The lowest BCUT2D eigenvalue weighted by molar-refractivity contribution is 0.340. The molecule has 12 rings (SSSR count). The Bertz CT molecular complexity index is 4060. The van der Waals surface area contributed by atoms with E-state index in [4.69, 9.17) is 28.3 Å². The van der Waals surface area contributed by atoms with Gasteiger partial charge in [-0.2, -0.15) is 10.5 Å². The van der Waals surface area contributed by atoms with Gasteiger partial charge < -0.3 is 27.3 Å². The average Bonchev–Trinajstić information content (AvgIpc) is 3.40. The highest BCUT2D eigenvalue weighted by molar-refractivity contribution is 6.85. The minimum absolute atomic E-state index is 0.137. The molecule has 0 atom stereocenters. The number of rotatable bonds is 14. The van der Waals surface area contributed by atoms with Crippen LogP contribution in [-0.4, -0.2) is 45.8 Å². The molecule has 0 unspecified atom stereocenters. The van der Waals surface area contributed by atoms with E-state index in [9.17, 15) is 10.5 Å². The van der Waals surface area contributed by atoms with Crippen molar-refractivity contribution in [2.45, 2.75) is 27.7 Å². The molecular formula is C66H50B2N6O4. The first-order valence-corrected chi connectivity index (χ1v) is 26.1. The van der Waals surface area contributed by atoms with Crippen LogP contribution in [0.25, 0.3) is 66.6 Å². The zero-order valence-electron chi connectivity index (χ0n) is 43.5. The van der Waals surface area contributed by atoms with Gasteiger partial charge in [-0.05, 0) is 87.4 Å². The van der Waals surface area contributed by atoms with Crippen molar-refractivity contribution < 1.29 is 18.3 Å². The maximum atomic E-state index is 12.2. The number of hydrogen-bond acceptors (Lipinski definition) is 8. The van der Waals surface area contributed by atoms with Crippen LogP contribution in [0.1, 0.15) is 36.8 Å². The topological polar surface area (TPSA) is 128 Å². The van der Waals surface area contributed by atoms with Gasteiger partial charge in [0, 0.05) is 33.3 Å². The van der Waals surface area contributed by atoms with Gasteiger partial charge in [0.05, 0.1) is 23.9 Å². The van der Waals surface area contributed by atoms with Crippen LogP contribution in [0, 0.1) is 36.5 Å². The highest BCUT2D eigenvalue weighted by Crippen LogP contribution is 2.39. The molecule has 4 aromatic heterocycles. The number of nitrogens with zero attached hydrogens (tertiary/aromatic N) is 6. The standard InChI is InChI=1S/C66H50B2N6O4/c1-5-75-51-31-19-21-45(39-51)61-59-60(64(54(42-70)66-72-56-38-44(4)34-36-58(56)78-66)73(61)67(47-23-11-7-12-24-47)48-25-13-8-14-26-48)62(46-22-20-32-52(40-46)76-6-2)74(68(49-27-15-9-16-28-49)50-29-17-10-18-30-50)63(59)53(41-69)65-71-55-37-43(3)33-35-57(55)77-65/h7-40H,5-6H2,1-4H3/b63-53-,64-54-. The second-order valence-corrected chi connectivity index (χ2v) is 19.2. The Balaban J connectivity index is 1.46. The van der Waals surface area contributed by atoms with E-state index < -0.39 is 13.7 Å². The monoisotopic (exact) mass is 1010 g/mol. The zero-order valence-corrected chi connectivity index (χ0v) is 43.5. The van der Waals surface area contributed by atoms with Gasteiger partial charge in [0.15, 0.2) is 11.2 Å². The first-order chi connectivity index (χ1) is 38.3. The van der Waals surface area contributed by atoms with Crippen molar-refractivity contribution in [1.29, 1.82) is 10.5 Å². The third kappa shape index (κ3) is 8.79. The number of ether oxygens (including phenoxy) is 2. The van der Waals surface area contributed by atoms with Gasteiger partial charge in [-0.3, -0.25) is 0 Å². The summed E-state index contributed by atoms with van der Waals surface area (Å²) in [4.78, 5) is 10.3. The molecule has 0 N–H and O–H groups in total. The van der Waals surface area contributed by atoms with Crippen LogP contribution in [0.3, 0.4) is 0 Å². The fourth-order valence-electron chi connectivity index (χ4n) is 11.0. The van der Waals surface area contributed by atoms with Crippen molar-refractivity contribution >= 4 is 79.7 Å². The van der Waals surface area contributed by atoms with E-state index in [1.54, 1.807) is 0 Å². The molecule has 0 fully saturated rings. The van der Waals surface area contributed by atoms with Crippen LogP contribution >= 0.6 is 0 Å². The molecule has 0 amide bonds. The third-order valence-electron chi connectivity index (χ3n) is 14.2. The molecule has 0 saturated carbocycles. The van der Waals surface area contributed by atoms with E-state index in [-0.39, 0.29) is 22.9 Å². The van der Waals surface area contributed by atoms with Crippen LogP contribution in [0.15, 0.2) is 215 Å². The van der Waals surface area contributed by atoms with Crippen molar-refractivity contribution in [2.24, 2.45) is 0 Å². The number of aryl methyl sites for hydroxylation is 2. The first-order valence-electron chi connectivity index (χ1n) is 26.1. The first kappa shape index (κ1) is 48.9. The number of hydrogen-bond donors (Lipinski definition) is 0. The predicted molar refractivity (Wildman–Crippen MR) is 313 cm³/mol. The molecule has 78 heavy (non-hydrogen) atoms. The summed E-state index contributed by atoms with van der Waals surface area (Å²) in [6, 6.07) is 74.4. The van der Waals surface area contributed by atoms with E-state index in [0.29, 0.717) is 79.8 Å². The van der Waals surface area contributed by atoms with Gasteiger partial charge in [0.2, 0.25) is 11.8 Å². The van der Waals surface area contributed by atoms with E-state index >= 15 is 0 Å². The van der Waals surface area contributed by atoms with Crippen LogP contribution < -0.4 is 42.0 Å². The van der Waals surface area contributed by atoms with Gasteiger partial charge in [-0.1, -0.05) is 180 Å². The van der Waals surface area contributed by atoms with E-state index in [0.717, 1.165) is 44.1 Å². The normalized spacial score (nSPS) is 12.1. The van der Waals surface area contributed by atoms with Crippen molar-refractivity contribution in [3.8, 4) is 46.2 Å². The summed E-state index contributed by atoms with van der Waals surface area (Å²) < 4.78 is 30.8. The molecule has 8 aromatic carbocycles. The third-order valence-corrected chi connectivity index (χ3v) is 14.2. The number of oxazole rings is 2. The SMILES string of the molecule is CCOc1cccc(-c2c3/c(=C(\C#N)c4nc5cc(C)ccc5o4)n(B(c4ccccc4)c4ccccc4)c(-c4cccc(OCC)c4)c3/c(=C(\C#N)c3nc4cc(C)ccc4o3)n2B(c2ccccc2)c2ccccc2)c1. The number of benzene rings is 8. The maximum absolute atomic E-state index is 12.2. The second kappa shape index (κ2) is 20.9. The highest BCUT2D eigenvalue weighted by Gasteiger charge is 2.38. The molecule has 4 heterocycles. The Morgan fingerprint density at radius 1 is 0.462 bits per heavy atom. The lowest BCUT2D eigenvalue weighted by atomic mass is 9.50. The summed E-state index contributed by atoms with van der Waals surface area (Å²) in [6.07, 6.45) is 0. The maximum Gasteiger partial charge on any atom is 0.328 e. The Hall–Kier alpha value is -10.0. The van der Waals surface area contributed by atoms with Crippen molar-refractivity contribution in [2.75, 3.05) is 13.2 Å². The summed E-state index contributed by atoms with van der Waals surface area (Å²) >= 11 is 0. The Kier molecular flexibility index (Phi) is 13.1. The van der Waals surface area contributed by atoms with E-state index in [1.165, 1.54) is 0 Å². The summed E-state index contributed by atoms with van der Waals surface area (Å²) in [5.74, 6) is 1.56. The summed E-state index contributed by atoms with van der Waals surface area (Å²) in [5.41, 5.74) is 11.3. The average molecular weight is 1010 g/mol. The zero-order chi connectivity index (χ0) is 53.3. The summed E-state index contributed by atoms with van der Waals surface area (Å²) in [7, 11) is 0. The molecule has 374 valence electrons. The molecule has 12 heteroatoms. The number of aromatic nitrogens is 4. The van der Waals surface area contributed by atoms with Crippen LogP contribution in [0.5, 0.6) is 11.5 Å². The van der Waals surface area contributed by atoms with Crippen molar-refractivity contribution in [1.82, 2.24) is 18.9 Å². The van der Waals surface area contributed by atoms with Gasteiger partial charge in [-0.15, -0.1) is 0 Å². The van der Waals surface area contributed by atoms with Crippen LogP contribution in [-0.2, 0) is 0 Å². The predicted octanol–water partition coefficient (Wildman–Crippen LogP) is 10.2. The van der Waals surface area contributed by atoms with Gasteiger partial charge in [-0.25, -0.2) is 9.97 Å². The summed E-state index contributed by atoms with van der Waals surface area (Å²) in [5, 5.41) is 26.8. The van der Waals surface area contributed by atoms with Crippen molar-refractivity contribution in [3.05, 3.63) is 240 Å². The fourth-order valence-corrected chi connectivity index (χ4v) is 11.0. The molecule has 0 aliphatic heterocycles. The highest BCUT2D eigenvalue weighted by atomic mass is 16.5. The summed E-state index contributed by atoms with van der Waals surface area (Å²) in [6.45, 7) is 7.59. The lowest BCUT2D eigenvalue weighted by Crippen LogP contribution is -2.54.